The van der Waals surface area contributed by atoms with Gasteiger partial charge in [-0.3, -0.25) is 14.6 Å². The lowest BCUT2D eigenvalue weighted by molar-refractivity contribution is 0.0523. The summed E-state index contributed by atoms with van der Waals surface area (Å²) in [6.45, 7) is 7.55. The van der Waals surface area contributed by atoms with Crippen LogP contribution in [0.1, 0.15) is 42.7 Å². The molecule has 7 nitrogen and oxygen atoms in total. The van der Waals surface area contributed by atoms with Gasteiger partial charge in [0.2, 0.25) is 0 Å². The van der Waals surface area contributed by atoms with Gasteiger partial charge < -0.3 is 9.30 Å². The van der Waals surface area contributed by atoms with Crippen LogP contribution in [-0.2, 0) is 4.74 Å². The molecule has 0 unspecified atom stereocenters. The minimum atomic E-state index is -0.613. The van der Waals surface area contributed by atoms with Gasteiger partial charge in [-0.25, -0.2) is 9.78 Å². The van der Waals surface area contributed by atoms with Crippen LogP contribution in [0, 0.1) is 12.3 Å². The smallest absolute Gasteiger partial charge is 0.341 e. The van der Waals surface area contributed by atoms with E-state index in [0.717, 1.165) is 5.56 Å². The molecule has 0 spiro atoms. The summed E-state index contributed by atoms with van der Waals surface area (Å²) in [6.07, 6.45) is 1.71. The highest BCUT2D eigenvalue weighted by atomic mass is 16.5. The highest BCUT2D eigenvalue weighted by molar-refractivity contribution is 5.93. The average molecular weight is 340 g/mol. The van der Waals surface area contributed by atoms with E-state index in [4.69, 9.17) is 10.1 Å². The third-order valence-corrected chi connectivity index (χ3v) is 4.01. The zero-order valence-electron chi connectivity index (χ0n) is 14.7. The van der Waals surface area contributed by atoms with Crippen molar-refractivity contribution in [2.45, 2.75) is 33.7 Å². The number of aryl methyl sites for hydroxylation is 1. The number of hydrogen-bond acceptors (Lipinski definition) is 5. The Labute approximate surface area is 144 Å². The van der Waals surface area contributed by atoms with Gasteiger partial charge in [-0.05, 0) is 45.4 Å². The van der Waals surface area contributed by atoms with Crippen molar-refractivity contribution >= 4 is 22.6 Å². The highest BCUT2D eigenvalue weighted by Crippen LogP contribution is 2.15. The summed E-state index contributed by atoms with van der Waals surface area (Å²) < 4.78 is 8.08. The third-order valence-electron chi connectivity index (χ3n) is 4.01. The van der Waals surface area contributed by atoms with Crippen LogP contribution in [0.15, 0.2) is 29.2 Å². The molecular formula is C18H20N4O3. The van der Waals surface area contributed by atoms with Crippen LogP contribution in [0.25, 0.3) is 16.7 Å². The number of nitrogens with zero attached hydrogens (tertiary/aromatic N) is 3. The van der Waals surface area contributed by atoms with Crippen molar-refractivity contribution < 1.29 is 9.53 Å². The Bertz CT molecular complexity index is 1110. The van der Waals surface area contributed by atoms with Crippen molar-refractivity contribution in [3.8, 4) is 0 Å². The third kappa shape index (κ3) is 2.71. The molecule has 7 heteroatoms. The largest absolute Gasteiger partial charge is 0.462 e. The number of fused-ring (bicyclic) bond motifs is 2. The van der Waals surface area contributed by atoms with Gasteiger partial charge in [-0.2, -0.15) is 0 Å². The summed E-state index contributed by atoms with van der Waals surface area (Å²) in [4.78, 5) is 29.7. The molecule has 3 rings (SSSR count). The molecule has 1 N–H and O–H groups in total. The minimum absolute atomic E-state index is 0.00990. The lowest BCUT2D eigenvalue weighted by Gasteiger charge is -2.17. The standard InChI is InChI=1S/C18H20N4O3/c1-5-25-18(24)12-8-13-16(22(10(2)3)15(12)19)20-14-7-6-11(4)9-21(14)17(13)23/h6-10,19H,5H2,1-4H3. The zero-order chi connectivity index (χ0) is 18.3. The second kappa shape index (κ2) is 6.16. The van der Waals surface area contributed by atoms with Gasteiger partial charge in [0.05, 0.1) is 12.0 Å². The highest BCUT2D eigenvalue weighted by Gasteiger charge is 2.19. The van der Waals surface area contributed by atoms with Crippen molar-refractivity contribution in [3.63, 3.8) is 0 Å². The molecule has 0 radical (unpaired) electrons. The quantitative estimate of drug-likeness (QED) is 0.585. The van der Waals surface area contributed by atoms with Gasteiger partial charge in [0.15, 0.2) is 0 Å². The van der Waals surface area contributed by atoms with Crippen LogP contribution in [0.4, 0.5) is 0 Å². The fraction of sp³-hybridized carbons (Fsp3) is 0.333. The second-order valence-corrected chi connectivity index (χ2v) is 6.18. The van der Waals surface area contributed by atoms with Gasteiger partial charge in [0.1, 0.15) is 22.3 Å². The van der Waals surface area contributed by atoms with E-state index in [9.17, 15) is 9.59 Å². The van der Waals surface area contributed by atoms with Gasteiger partial charge >= 0.3 is 5.97 Å². The molecule has 0 fully saturated rings. The summed E-state index contributed by atoms with van der Waals surface area (Å²) in [5.41, 5.74) is 1.60. The average Bonchev–Trinajstić information content (AvgIpc) is 2.55. The molecule has 0 aromatic carbocycles. The molecule has 3 heterocycles. The Morgan fingerprint density at radius 2 is 2.08 bits per heavy atom. The first-order valence-corrected chi connectivity index (χ1v) is 8.15. The summed E-state index contributed by atoms with van der Waals surface area (Å²) in [6, 6.07) is 4.91. The van der Waals surface area contributed by atoms with Gasteiger partial charge in [-0.1, -0.05) is 6.07 Å². The molecule has 130 valence electrons. The van der Waals surface area contributed by atoms with Crippen LogP contribution in [0.5, 0.6) is 0 Å². The number of hydrogen-bond donors (Lipinski definition) is 1. The van der Waals surface area contributed by atoms with E-state index in [-0.39, 0.29) is 34.6 Å². The first kappa shape index (κ1) is 16.9. The van der Waals surface area contributed by atoms with Crippen molar-refractivity contribution in [1.82, 2.24) is 14.0 Å². The van der Waals surface area contributed by atoms with Crippen molar-refractivity contribution in [3.05, 3.63) is 51.4 Å². The number of aromatic nitrogens is 3. The van der Waals surface area contributed by atoms with E-state index in [0.29, 0.717) is 11.3 Å². The van der Waals surface area contributed by atoms with E-state index in [1.165, 1.54) is 10.5 Å². The van der Waals surface area contributed by atoms with Crippen LogP contribution >= 0.6 is 0 Å². The van der Waals surface area contributed by atoms with Gasteiger partial charge in [-0.15, -0.1) is 0 Å². The second-order valence-electron chi connectivity index (χ2n) is 6.18. The number of rotatable bonds is 3. The molecule has 0 bridgehead atoms. The molecule has 0 amide bonds. The first-order valence-electron chi connectivity index (χ1n) is 8.15. The zero-order valence-corrected chi connectivity index (χ0v) is 14.7. The molecule has 0 aliphatic carbocycles. The molecule has 3 aromatic rings. The monoisotopic (exact) mass is 340 g/mol. The maximum absolute atomic E-state index is 13.0. The molecule has 0 saturated heterocycles. The van der Waals surface area contributed by atoms with Crippen LogP contribution in [0.2, 0.25) is 0 Å². The Morgan fingerprint density at radius 1 is 1.36 bits per heavy atom. The fourth-order valence-corrected chi connectivity index (χ4v) is 2.87. The Balaban J connectivity index is 2.51. The molecule has 0 saturated carbocycles. The summed E-state index contributed by atoms with van der Waals surface area (Å²) in [7, 11) is 0. The van der Waals surface area contributed by atoms with E-state index >= 15 is 0 Å². The predicted molar refractivity (Wildman–Crippen MR) is 93.9 cm³/mol. The molecule has 25 heavy (non-hydrogen) atoms. The summed E-state index contributed by atoms with van der Waals surface area (Å²) in [5, 5.41) is 8.68. The number of pyridine rings is 2. The lowest BCUT2D eigenvalue weighted by Crippen LogP contribution is -2.31. The number of carbonyl (C=O) groups excluding carboxylic acids is 1. The first-order chi connectivity index (χ1) is 11.8. The Kier molecular flexibility index (Phi) is 4.16. The molecular weight excluding hydrogens is 320 g/mol. The van der Waals surface area contributed by atoms with Crippen molar-refractivity contribution in [2.24, 2.45) is 0 Å². The number of ether oxygens (including phenoxy) is 1. The van der Waals surface area contributed by atoms with E-state index in [1.807, 2.05) is 26.8 Å². The normalized spacial score (nSPS) is 11.4. The van der Waals surface area contributed by atoms with Crippen LogP contribution < -0.4 is 11.0 Å². The van der Waals surface area contributed by atoms with Gasteiger partial charge in [0.25, 0.3) is 5.56 Å². The van der Waals surface area contributed by atoms with E-state index in [1.54, 1.807) is 23.8 Å². The fourth-order valence-electron chi connectivity index (χ4n) is 2.87. The summed E-state index contributed by atoms with van der Waals surface area (Å²) in [5.74, 6) is -0.613. The Morgan fingerprint density at radius 3 is 2.72 bits per heavy atom. The van der Waals surface area contributed by atoms with Crippen molar-refractivity contribution in [2.75, 3.05) is 6.61 Å². The SMILES string of the molecule is CCOC(=O)c1cc2c(=O)n3cc(C)ccc3nc2n(C(C)C)c1=N. The maximum Gasteiger partial charge on any atom is 0.341 e. The molecule has 0 aliphatic heterocycles. The molecule has 0 atom stereocenters. The van der Waals surface area contributed by atoms with Crippen LogP contribution in [0.3, 0.4) is 0 Å². The number of carbonyl (C=O) groups is 1. The van der Waals surface area contributed by atoms with E-state index in [2.05, 4.69) is 4.98 Å². The predicted octanol–water partition coefficient (Wildman–Crippen LogP) is 2.19. The topological polar surface area (TPSA) is 89.4 Å². The summed E-state index contributed by atoms with van der Waals surface area (Å²) >= 11 is 0. The Hall–Kier alpha value is -2.96. The molecule has 3 aromatic heterocycles. The molecule has 0 aliphatic rings. The van der Waals surface area contributed by atoms with Gasteiger partial charge in [0, 0.05) is 12.2 Å². The van der Waals surface area contributed by atoms with Crippen LogP contribution in [-0.4, -0.2) is 26.5 Å². The maximum atomic E-state index is 13.0. The van der Waals surface area contributed by atoms with E-state index < -0.39 is 5.97 Å². The minimum Gasteiger partial charge on any atom is -0.462 e. The number of nitrogens with one attached hydrogen (secondary N) is 1. The van der Waals surface area contributed by atoms with Crippen molar-refractivity contribution in [1.29, 1.82) is 5.41 Å². The lowest BCUT2D eigenvalue weighted by atomic mass is 10.2. The number of esters is 1.